The van der Waals surface area contributed by atoms with Crippen molar-refractivity contribution in [2.75, 3.05) is 6.54 Å². The third kappa shape index (κ3) is 3.31. The fourth-order valence-electron chi connectivity index (χ4n) is 4.22. The minimum absolute atomic E-state index is 0.146. The van der Waals surface area contributed by atoms with Crippen molar-refractivity contribution in [1.82, 2.24) is 15.6 Å². The van der Waals surface area contributed by atoms with E-state index in [9.17, 15) is 4.79 Å². The number of rotatable bonds is 4. The summed E-state index contributed by atoms with van der Waals surface area (Å²) in [6, 6.07) is 8.53. The van der Waals surface area contributed by atoms with Crippen molar-refractivity contribution in [2.24, 2.45) is 0 Å². The van der Waals surface area contributed by atoms with Crippen molar-refractivity contribution >= 4 is 5.91 Å². The number of hydrogen-bond acceptors (Lipinski definition) is 3. The Morgan fingerprint density at radius 1 is 1.28 bits per heavy atom. The highest BCUT2D eigenvalue weighted by Gasteiger charge is 2.24. The van der Waals surface area contributed by atoms with Gasteiger partial charge in [-0.25, -0.2) is 0 Å². The summed E-state index contributed by atoms with van der Waals surface area (Å²) in [5.41, 5.74) is 7.65. The van der Waals surface area contributed by atoms with E-state index in [2.05, 4.69) is 39.9 Å². The number of nitrogens with one attached hydrogen (secondary N) is 2. The number of pyridine rings is 1. The Bertz CT molecular complexity index is 800. The van der Waals surface area contributed by atoms with E-state index in [1.165, 1.54) is 27.8 Å². The Kier molecular flexibility index (Phi) is 4.53. The smallest absolute Gasteiger partial charge is 0.220 e. The molecular formula is C21H25N3O. The van der Waals surface area contributed by atoms with Gasteiger partial charge >= 0.3 is 0 Å². The van der Waals surface area contributed by atoms with Crippen LogP contribution < -0.4 is 10.6 Å². The van der Waals surface area contributed by atoms with Gasteiger partial charge in [-0.2, -0.15) is 0 Å². The number of carbonyl (C=O) groups excluding carboxylic acids is 1. The molecule has 0 radical (unpaired) electrons. The number of benzene rings is 1. The average molecular weight is 335 g/mol. The van der Waals surface area contributed by atoms with E-state index in [-0.39, 0.29) is 5.91 Å². The molecule has 1 aromatic heterocycles. The monoisotopic (exact) mass is 335 g/mol. The number of carbonyl (C=O) groups is 1. The summed E-state index contributed by atoms with van der Waals surface area (Å²) in [5.74, 6) is 0.511. The molecule has 4 nitrogen and oxygen atoms in total. The zero-order chi connectivity index (χ0) is 17.2. The number of nitrogens with zero attached hydrogens (tertiary/aromatic N) is 1. The first-order chi connectivity index (χ1) is 12.2. The molecule has 0 spiro atoms. The van der Waals surface area contributed by atoms with Gasteiger partial charge in [0.1, 0.15) is 0 Å². The second-order valence-corrected chi connectivity index (χ2v) is 7.17. The Morgan fingerprint density at radius 3 is 3.08 bits per heavy atom. The number of hydrogen-bond donors (Lipinski definition) is 2. The fraction of sp³-hybridized carbons (Fsp3) is 0.429. The molecule has 1 aromatic carbocycles. The number of amides is 1. The first-order valence-electron chi connectivity index (χ1n) is 9.24. The van der Waals surface area contributed by atoms with Crippen LogP contribution in [0.15, 0.2) is 30.5 Å². The van der Waals surface area contributed by atoms with Crippen molar-refractivity contribution in [1.29, 1.82) is 0 Å². The standard InChI is InChI=1S/C21H25N3O/c1-14-20(19-8-9-22-11-17(19)12-23-14)13-24-21(25)10-16-7-6-15-4-2-3-5-18(15)16/h2-5,12,16,22H,6-11,13H2,1H3,(H,24,25). The maximum atomic E-state index is 12.5. The maximum absolute atomic E-state index is 12.5. The number of aromatic nitrogens is 1. The van der Waals surface area contributed by atoms with Gasteiger partial charge in [-0.15, -0.1) is 0 Å². The molecule has 1 aliphatic heterocycles. The summed E-state index contributed by atoms with van der Waals surface area (Å²) >= 11 is 0. The van der Waals surface area contributed by atoms with Gasteiger partial charge in [0, 0.05) is 31.4 Å². The minimum atomic E-state index is 0.146. The Balaban J connectivity index is 1.42. The van der Waals surface area contributed by atoms with E-state index in [0.717, 1.165) is 38.0 Å². The minimum Gasteiger partial charge on any atom is -0.352 e. The summed E-state index contributed by atoms with van der Waals surface area (Å²) in [7, 11) is 0. The van der Waals surface area contributed by atoms with Gasteiger partial charge in [0.25, 0.3) is 0 Å². The van der Waals surface area contributed by atoms with Gasteiger partial charge in [-0.05, 0) is 66.5 Å². The predicted molar refractivity (Wildman–Crippen MR) is 98.4 cm³/mol. The summed E-state index contributed by atoms with van der Waals surface area (Å²) in [5, 5.41) is 6.53. The highest BCUT2D eigenvalue weighted by Crippen LogP contribution is 2.35. The molecule has 1 unspecified atom stereocenters. The van der Waals surface area contributed by atoms with Crippen molar-refractivity contribution in [3.63, 3.8) is 0 Å². The molecule has 130 valence electrons. The first kappa shape index (κ1) is 16.3. The second-order valence-electron chi connectivity index (χ2n) is 7.17. The lowest BCUT2D eigenvalue weighted by molar-refractivity contribution is -0.121. The SMILES string of the molecule is Cc1ncc2c(c1CNC(=O)CC1CCc3ccccc31)CCNC2. The molecule has 4 heteroatoms. The molecule has 2 aromatic rings. The van der Waals surface area contributed by atoms with Crippen molar-refractivity contribution in [3.05, 3.63) is 64.0 Å². The van der Waals surface area contributed by atoms with Gasteiger partial charge in [0.15, 0.2) is 0 Å². The van der Waals surface area contributed by atoms with Crippen LogP contribution in [0.3, 0.4) is 0 Å². The molecular weight excluding hydrogens is 310 g/mol. The largest absolute Gasteiger partial charge is 0.352 e. The van der Waals surface area contributed by atoms with E-state index in [1.54, 1.807) is 0 Å². The van der Waals surface area contributed by atoms with Gasteiger partial charge in [-0.3, -0.25) is 9.78 Å². The van der Waals surface area contributed by atoms with Gasteiger partial charge in [0.05, 0.1) is 0 Å². The second kappa shape index (κ2) is 6.96. The van der Waals surface area contributed by atoms with Crippen molar-refractivity contribution < 1.29 is 4.79 Å². The number of fused-ring (bicyclic) bond motifs is 2. The molecule has 1 amide bonds. The highest BCUT2D eigenvalue weighted by molar-refractivity contribution is 5.77. The van der Waals surface area contributed by atoms with Gasteiger partial charge in [-0.1, -0.05) is 24.3 Å². The van der Waals surface area contributed by atoms with Crippen LogP contribution in [0.4, 0.5) is 0 Å². The van der Waals surface area contributed by atoms with E-state index < -0.39 is 0 Å². The zero-order valence-electron chi connectivity index (χ0n) is 14.8. The summed E-state index contributed by atoms with van der Waals surface area (Å²) in [6.45, 7) is 4.50. The quantitative estimate of drug-likeness (QED) is 0.903. The normalized spacial score (nSPS) is 18.5. The van der Waals surface area contributed by atoms with Gasteiger partial charge in [0.2, 0.25) is 5.91 Å². The zero-order valence-corrected chi connectivity index (χ0v) is 14.8. The van der Waals surface area contributed by atoms with E-state index in [4.69, 9.17) is 0 Å². The molecule has 1 aliphatic carbocycles. The van der Waals surface area contributed by atoms with E-state index in [1.807, 2.05) is 13.1 Å². The number of aryl methyl sites for hydroxylation is 2. The lowest BCUT2D eigenvalue weighted by atomic mass is 9.95. The molecule has 2 heterocycles. The van der Waals surface area contributed by atoms with Crippen LogP contribution in [0, 0.1) is 6.92 Å². The molecule has 0 saturated heterocycles. The van der Waals surface area contributed by atoms with Crippen LogP contribution in [0.5, 0.6) is 0 Å². The lowest BCUT2D eigenvalue weighted by Gasteiger charge is -2.22. The van der Waals surface area contributed by atoms with Gasteiger partial charge < -0.3 is 10.6 Å². The Hall–Kier alpha value is -2.20. The molecule has 2 N–H and O–H groups in total. The molecule has 0 bridgehead atoms. The molecule has 25 heavy (non-hydrogen) atoms. The van der Waals surface area contributed by atoms with Crippen LogP contribution in [0.1, 0.15) is 52.3 Å². The van der Waals surface area contributed by atoms with E-state index >= 15 is 0 Å². The third-order valence-corrected chi connectivity index (χ3v) is 5.62. The average Bonchev–Trinajstić information content (AvgIpc) is 3.04. The lowest BCUT2D eigenvalue weighted by Crippen LogP contribution is -2.29. The van der Waals surface area contributed by atoms with Crippen molar-refractivity contribution in [3.8, 4) is 0 Å². The molecule has 2 aliphatic rings. The van der Waals surface area contributed by atoms with Crippen LogP contribution in [-0.2, 0) is 30.7 Å². The first-order valence-corrected chi connectivity index (χ1v) is 9.24. The Labute approximate surface area is 149 Å². The molecule has 0 fully saturated rings. The summed E-state index contributed by atoms with van der Waals surface area (Å²) < 4.78 is 0. The molecule has 4 rings (SSSR count). The summed E-state index contributed by atoms with van der Waals surface area (Å²) in [6.07, 6.45) is 5.74. The summed E-state index contributed by atoms with van der Waals surface area (Å²) in [4.78, 5) is 17.0. The van der Waals surface area contributed by atoms with Crippen LogP contribution in [0.2, 0.25) is 0 Å². The van der Waals surface area contributed by atoms with Crippen molar-refractivity contribution in [2.45, 2.75) is 51.6 Å². The fourth-order valence-corrected chi connectivity index (χ4v) is 4.22. The highest BCUT2D eigenvalue weighted by atomic mass is 16.1. The molecule has 1 atom stereocenters. The van der Waals surface area contributed by atoms with Crippen LogP contribution in [0.25, 0.3) is 0 Å². The van der Waals surface area contributed by atoms with Crippen LogP contribution in [-0.4, -0.2) is 17.4 Å². The maximum Gasteiger partial charge on any atom is 0.220 e. The van der Waals surface area contributed by atoms with Crippen LogP contribution >= 0.6 is 0 Å². The topological polar surface area (TPSA) is 54.0 Å². The third-order valence-electron chi connectivity index (χ3n) is 5.62. The molecule has 0 saturated carbocycles. The Morgan fingerprint density at radius 2 is 2.16 bits per heavy atom. The predicted octanol–water partition coefficient (Wildman–Crippen LogP) is 2.77. The van der Waals surface area contributed by atoms with E-state index in [0.29, 0.717) is 18.9 Å².